The van der Waals surface area contributed by atoms with Crippen LogP contribution in [0.2, 0.25) is 0 Å². The van der Waals surface area contributed by atoms with E-state index in [0.717, 1.165) is 25.7 Å². The standard InChI is InChI=1S/C8H16N2OS/c9-3-8-4-10(1-2-11-8)7-5-12-6-7/h7-8H,1-6,9H2. The van der Waals surface area contributed by atoms with Crippen LogP contribution in [0.4, 0.5) is 0 Å². The lowest BCUT2D eigenvalue weighted by molar-refractivity contribution is -0.0336. The van der Waals surface area contributed by atoms with Gasteiger partial charge in [-0.05, 0) is 0 Å². The lowest BCUT2D eigenvalue weighted by atomic mass is 10.2. The van der Waals surface area contributed by atoms with Gasteiger partial charge in [0.25, 0.3) is 0 Å². The minimum Gasteiger partial charge on any atom is -0.374 e. The van der Waals surface area contributed by atoms with E-state index >= 15 is 0 Å². The van der Waals surface area contributed by atoms with Gasteiger partial charge < -0.3 is 10.5 Å². The molecule has 0 aliphatic carbocycles. The molecule has 2 aliphatic rings. The summed E-state index contributed by atoms with van der Waals surface area (Å²) in [5.74, 6) is 2.61. The monoisotopic (exact) mass is 188 g/mol. The Labute approximate surface area is 77.6 Å². The lowest BCUT2D eigenvalue weighted by Crippen LogP contribution is -2.54. The van der Waals surface area contributed by atoms with Crippen LogP contribution < -0.4 is 5.73 Å². The molecule has 2 N–H and O–H groups in total. The van der Waals surface area contributed by atoms with Crippen molar-refractivity contribution in [2.24, 2.45) is 5.73 Å². The van der Waals surface area contributed by atoms with E-state index in [-0.39, 0.29) is 6.10 Å². The molecule has 70 valence electrons. The van der Waals surface area contributed by atoms with Crippen molar-refractivity contribution in [1.29, 1.82) is 0 Å². The number of ether oxygens (including phenoxy) is 1. The molecule has 4 heteroatoms. The van der Waals surface area contributed by atoms with Gasteiger partial charge in [0, 0.05) is 37.2 Å². The van der Waals surface area contributed by atoms with Crippen LogP contribution in [0.5, 0.6) is 0 Å². The molecule has 0 radical (unpaired) electrons. The average Bonchev–Trinajstić information content (AvgIpc) is 2.02. The second-order valence-corrected chi connectivity index (χ2v) is 4.49. The van der Waals surface area contributed by atoms with Gasteiger partial charge in [0.2, 0.25) is 0 Å². The van der Waals surface area contributed by atoms with Crippen LogP contribution in [0, 0.1) is 0 Å². The molecule has 12 heavy (non-hydrogen) atoms. The Balaban J connectivity index is 1.81. The Morgan fingerprint density at radius 3 is 2.92 bits per heavy atom. The van der Waals surface area contributed by atoms with Gasteiger partial charge >= 0.3 is 0 Å². The molecule has 0 spiro atoms. The third kappa shape index (κ3) is 1.76. The first-order valence-electron chi connectivity index (χ1n) is 4.53. The third-order valence-corrected chi connectivity index (χ3v) is 3.81. The molecule has 2 heterocycles. The first-order valence-corrected chi connectivity index (χ1v) is 5.69. The van der Waals surface area contributed by atoms with Crippen LogP contribution in [0.25, 0.3) is 0 Å². The quantitative estimate of drug-likeness (QED) is 0.649. The first kappa shape index (κ1) is 8.81. The van der Waals surface area contributed by atoms with Gasteiger partial charge in [0.1, 0.15) is 0 Å². The number of hydrogen-bond acceptors (Lipinski definition) is 4. The van der Waals surface area contributed by atoms with Gasteiger partial charge in [0.15, 0.2) is 0 Å². The summed E-state index contributed by atoms with van der Waals surface area (Å²) in [5, 5.41) is 0. The van der Waals surface area contributed by atoms with Crippen molar-refractivity contribution in [3.05, 3.63) is 0 Å². The molecule has 0 bridgehead atoms. The fourth-order valence-corrected chi connectivity index (χ4v) is 2.52. The van der Waals surface area contributed by atoms with Gasteiger partial charge in [-0.2, -0.15) is 11.8 Å². The Morgan fingerprint density at radius 2 is 2.33 bits per heavy atom. The van der Waals surface area contributed by atoms with E-state index in [1.54, 1.807) is 0 Å². The Kier molecular flexibility index (Phi) is 2.91. The highest BCUT2D eigenvalue weighted by Gasteiger charge is 2.29. The van der Waals surface area contributed by atoms with E-state index in [0.29, 0.717) is 6.54 Å². The maximum atomic E-state index is 5.57. The topological polar surface area (TPSA) is 38.5 Å². The van der Waals surface area contributed by atoms with E-state index in [2.05, 4.69) is 4.90 Å². The van der Waals surface area contributed by atoms with Gasteiger partial charge in [-0.1, -0.05) is 0 Å². The predicted molar refractivity (Wildman–Crippen MR) is 51.5 cm³/mol. The fraction of sp³-hybridized carbons (Fsp3) is 1.00. The molecule has 0 saturated carbocycles. The van der Waals surface area contributed by atoms with E-state index in [9.17, 15) is 0 Å². The Bertz CT molecular complexity index is 152. The fourth-order valence-electron chi connectivity index (χ4n) is 1.65. The summed E-state index contributed by atoms with van der Waals surface area (Å²) < 4.78 is 5.50. The maximum Gasteiger partial charge on any atom is 0.0824 e. The summed E-state index contributed by atoms with van der Waals surface area (Å²) in [6, 6.07) is 0.813. The van der Waals surface area contributed by atoms with E-state index in [4.69, 9.17) is 10.5 Å². The second-order valence-electron chi connectivity index (χ2n) is 3.41. The zero-order chi connectivity index (χ0) is 8.39. The van der Waals surface area contributed by atoms with Crippen molar-refractivity contribution in [3.63, 3.8) is 0 Å². The number of morpholine rings is 1. The third-order valence-electron chi connectivity index (χ3n) is 2.57. The zero-order valence-corrected chi connectivity index (χ0v) is 8.05. The highest BCUT2D eigenvalue weighted by atomic mass is 32.2. The van der Waals surface area contributed by atoms with E-state index in [1.807, 2.05) is 11.8 Å². The number of thioether (sulfide) groups is 1. The summed E-state index contributed by atoms with van der Waals surface area (Å²) in [7, 11) is 0. The SMILES string of the molecule is NCC1CN(C2CSC2)CCO1. The first-order chi connectivity index (χ1) is 5.90. The van der Waals surface area contributed by atoms with Gasteiger partial charge in [0.05, 0.1) is 12.7 Å². The van der Waals surface area contributed by atoms with Crippen LogP contribution in [0.3, 0.4) is 0 Å². The van der Waals surface area contributed by atoms with Crippen LogP contribution in [0.15, 0.2) is 0 Å². The summed E-state index contributed by atoms with van der Waals surface area (Å²) >= 11 is 2.03. The van der Waals surface area contributed by atoms with E-state index in [1.165, 1.54) is 11.5 Å². The van der Waals surface area contributed by atoms with Crippen molar-refractivity contribution in [1.82, 2.24) is 4.90 Å². The van der Waals surface area contributed by atoms with Gasteiger partial charge in [-0.15, -0.1) is 0 Å². The second kappa shape index (κ2) is 3.96. The van der Waals surface area contributed by atoms with Crippen LogP contribution in [-0.2, 0) is 4.74 Å². The zero-order valence-electron chi connectivity index (χ0n) is 7.24. The normalized spacial score (nSPS) is 33.2. The molecule has 2 rings (SSSR count). The highest BCUT2D eigenvalue weighted by molar-refractivity contribution is 8.00. The molecule has 0 aromatic rings. The summed E-state index contributed by atoms with van der Waals surface area (Å²) in [4.78, 5) is 2.53. The molecule has 2 fully saturated rings. The van der Waals surface area contributed by atoms with Crippen LogP contribution in [-0.4, -0.2) is 54.8 Å². The Hall–Kier alpha value is 0.230. The molecule has 1 unspecified atom stereocenters. The smallest absolute Gasteiger partial charge is 0.0824 e. The molecule has 0 aromatic carbocycles. The van der Waals surface area contributed by atoms with E-state index < -0.39 is 0 Å². The van der Waals surface area contributed by atoms with Crippen molar-refractivity contribution >= 4 is 11.8 Å². The Morgan fingerprint density at radius 1 is 1.50 bits per heavy atom. The number of hydrogen-bond donors (Lipinski definition) is 1. The largest absolute Gasteiger partial charge is 0.374 e. The molecular formula is C8H16N2OS. The van der Waals surface area contributed by atoms with Crippen molar-refractivity contribution in [2.45, 2.75) is 12.1 Å². The molecule has 0 amide bonds. The molecule has 2 saturated heterocycles. The number of nitrogens with two attached hydrogens (primary N) is 1. The minimum absolute atomic E-state index is 0.282. The summed E-state index contributed by atoms with van der Waals surface area (Å²) in [6.45, 7) is 3.67. The van der Waals surface area contributed by atoms with Gasteiger partial charge in [-0.25, -0.2) is 0 Å². The van der Waals surface area contributed by atoms with Crippen LogP contribution >= 0.6 is 11.8 Å². The van der Waals surface area contributed by atoms with Crippen molar-refractivity contribution in [2.75, 3.05) is 37.7 Å². The average molecular weight is 188 g/mol. The number of nitrogens with zero attached hydrogens (tertiary/aromatic N) is 1. The molecular weight excluding hydrogens is 172 g/mol. The molecule has 1 atom stereocenters. The highest BCUT2D eigenvalue weighted by Crippen LogP contribution is 2.24. The van der Waals surface area contributed by atoms with Crippen molar-refractivity contribution in [3.8, 4) is 0 Å². The lowest BCUT2D eigenvalue weighted by Gasteiger charge is -2.41. The van der Waals surface area contributed by atoms with Crippen LogP contribution in [0.1, 0.15) is 0 Å². The minimum atomic E-state index is 0.282. The number of rotatable bonds is 2. The maximum absolute atomic E-state index is 5.57. The summed E-state index contributed by atoms with van der Waals surface area (Å²) in [6.07, 6.45) is 0.282. The predicted octanol–water partition coefficient (Wildman–Crippen LogP) is -0.239. The molecule has 3 nitrogen and oxygen atoms in total. The molecule has 2 aliphatic heterocycles. The van der Waals surface area contributed by atoms with Gasteiger partial charge in [-0.3, -0.25) is 4.90 Å². The molecule has 0 aromatic heterocycles. The summed E-state index contributed by atoms with van der Waals surface area (Å²) in [5.41, 5.74) is 5.57. The van der Waals surface area contributed by atoms with Crippen molar-refractivity contribution < 1.29 is 4.74 Å².